The van der Waals surface area contributed by atoms with Gasteiger partial charge in [-0.25, -0.2) is 9.78 Å². The van der Waals surface area contributed by atoms with Crippen LogP contribution in [0.2, 0.25) is 0 Å². The van der Waals surface area contributed by atoms with E-state index in [-0.39, 0.29) is 19.6 Å². The number of hydrogen-bond acceptors (Lipinski definition) is 6. The maximum atomic E-state index is 11.9. The molecule has 0 unspecified atom stereocenters. The summed E-state index contributed by atoms with van der Waals surface area (Å²) in [5, 5.41) is 11.5. The first-order valence-corrected chi connectivity index (χ1v) is 9.38. The van der Waals surface area contributed by atoms with Crippen molar-refractivity contribution in [2.24, 2.45) is 0 Å². The van der Waals surface area contributed by atoms with Gasteiger partial charge in [-0.3, -0.25) is 4.79 Å². The van der Waals surface area contributed by atoms with E-state index in [1.165, 1.54) is 11.3 Å². The lowest BCUT2D eigenvalue weighted by molar-refractivity contribution is -0.137. The van der Waals surface area contributed by atoms with E-state index in [1.54, 1.807) is 26.3 Å². The number of carbonyl (C=O) groups is 2. The first-order valence-electron chi connectivity index (χ1n) is 8.50. The van der Waals surface area contributed by atoms with Crippen LogP contribution in [0.4, 0.5) is 4.79 Å². The standard InChI is InChI=1S/C19H24N2O5S/c1-12-17(27-11-21-12)13-5-6-14(10-20-18(24)26-19(2,3)4)15(9-13)25-8-7-16(22)23/h5-6,9,11H,7-8,10H2,1-4H3,(H,20,24)(H,22,23). The molecule has 0 aliphatic carbocycles. The fraction of sp³-hybridized carbons (Fsp3) is 0.421. The molecular formula is C19H24N2O5S. The zero-order valence-electron chi connectivity index (χ0n) is 15.9. The fourth-order valence-corrected chi connectivity index (χ4v) is 3.09. The Bertz CT molecular complexity index is 811. The van der Waals surface area contributed by atoms with E-state index in [0.29, 0.717) is 5.75 Å². The normalized spacial score (nSPS) is 11.1. The number of alkyl carbamates (subject to hydrolysis) is 1. The fourth-order valence-electron chi connectivity index (χ4n) is 2.29. The molecule has 0 spiro atoms. The molecule has 1 amide bonds. The number of nitrogens with one attached hydrogen (secondary N) is 1. The number of carboxylic acid groups (broad SMARTS) is 1. The lowest BCUT2D eigenvalue weighted by Crippen LogP contribution is -2.32. The van der Waals surface area contributed by atoms with E-state index in [1.807, 2.05) is 25.1 Å². The number of benzene rings is 1. The minimum atomic E-state index is -0.933. The molecule has 0 atom stereocenters. The van der Waals surface area contributed by atoms with E-state index in [4.69, 9.17) is 14.6 Å². The highest BCUT2D eigenvalue weighted by molar-refractivity contribution is 7.13. The van der Waals surface area contributed by atoms with Gasteiger partial charge in [0.25, 0.3) is 0 Å². The number of rotatable bonds is 7. The van der Waals surface area contributed by atoms with Crippen LogP contribution in [0.1, 0.15) is 38.4 Å². The Morgan fingerprint density at radius 1 is 1.30 bits per heavy atom. The lowest BCUT2D eigenvalue weighted by atomic mass is 10.1. The summed E-state index contributed by atoms with van der Waals surface area (Å²) in [5.41, 5.74) is 3.76. The third-order valence-corrected chi connectivity index (χ3v) is 4.45. The Morgan fingerprint density at radius 3 is 2.63 bits per heavy atom. The molecule has 1 aromatic heterocycles. The van der Waals surface area contributed by atoms with E-state index >= 15 is 0 Å². The highest BCUT2D eigenvalue weighted by Gasteiger charge is 2.17. The number of aromatic nitrogens is 1. The van der Waals surface area contributed by atoms with Crippen molar-refractivity contribution < 1.29 is 24.2 Å². The maximum absolute atomic E-state index is 11.9. The van der Waals surface area contributed by atoms with E-state index in [0.717, 1.165) is 21.7 Å². The zero-order valence-corrected chi connectivity index (χ0v) is 16.7. The molecule has 146 valence electrons. The van der Waals surface area contributed by atoms with Crippen molar-refractivity contribution >= 4 is 23.4 Å². The average molecular weight is 392 g/mol. The average Bonchev–Trinajstić information content (AvgIpc) is 2.97. The monoisotopic (exact) mass is 392 g/mol. The molecule has 2 rings (SSSR count). The number of ether oxygens (including phenoxy) is 2. The summed E-state index contributed by atoms with van der Waals surface area (Å²) in [6, 6.07) is 5.62. The van der Waals surface area contributed by atoms with Crippen LogP contribution in [-0.2, 0) is 16.1 Å². The van der Waals surface area contributed by atoms with Crippen LogP contribution in [0.25, 0.3) is 10.4 Å². The van der Waals surface area contributed by atoms with Crippen molar-refractivity contribution in [1.82, 2.24) is 10.3 Å². The van der Waals surface area contributed by atoms with Gasteiger partial charge in [0.2, 0.25) is 0 Å². The third kappa shape index (κ3) is 6.56. The van der Waals surface area contributed by atoms with Gasteiger partial charge in [0.1, 0.15) is 11.4 Å². The second-order valence-corrected chi connectivity index (χ2v) is 7.79. The Kier molecular flexibility index (Phi) is 6.79. The second-order valence-electron chi connectivity index (χ2n) is 6.94. The van der Waals surface area contributed by atoms with E-state index < -0.39 is 17.7 Å². The van der Waals surface area contributed by atoms with Gasteiger partial charge in [0.05, 0.1) is 29.1 Å². The predicted molar refractivity (Wildman–Crippen MR) is 103 cm³/mol. The Morgan fingerprint density at radius 2 is 2.04 bits per heavy atom. The van der Waals surface area contributed by atoms with Gasteiger partial charge in [0, 0.05) is 12.1 Å². The summed E-state index contributed by atoms with van der Waals surface area (Å²) in [6.07, 6.45) is -0.635. The van der Waals surface area contributed by atoms with Gasteiger partial charge >= 0.3 is 12.1 Å². The number of hydrogen-bond donors (Lipinski definition) is 2. The lowest BCUT2D eigenvalue weighted by Gasteiger charge is -2.20. The molecule has 7 nitrogen and oxygen atoms in total. The van der Waals surface area contributed by atoms with Crippen LogP contribution >= 0.6 is 11.3 Å². The minimum Gasteiger partial charge on any atom is -0.493 e. The SMILES string of the molecule is Cc1ncsc1-c1ccc(CNC(=O)OC(C)(C)C)c(OCCC(=O)O)c1. The number of nitrogens with zero attached hydrogens (tertiary/aromatic N) is 1. The van der Waals surface area contributed by atoms with Gasteiger partial charge in [-0.1, -0.05) is 12.1 Å². The van der Waals surface area contributed by atoms with Crippen molar-refractivity contribution in [2.45, 2.75) is 46.3 Å². The van der Waals surface area contributed by atoms with E-state index in [9.17, 15) is 9.59 Å². The highest BCUT2D eigenvalue weighted by Crippen LogP contribution is 2.32. The summed E-state index contributed by atoms with van der Waals surface area (Å²) >= 11 is 1.52. The molecule has 0 saturated heterocycles. The molecule has 0 aliphatic heterocycles. The number of carboxylic acids is 1. The van der Waals surface area contributed by atoms with Crippen molar-refractivity contribution in [3.8, 4) is 16.2 Å². The van der Waals surface area contributed by atoms with Crippen molar-refractivity contribution in [2.75, 3.05) is 6.61 Å². The molecule has 8 heteroatoms. The molecule has 27 heavy (non-hydrogen) atoms. The Balaban J connectivity index is 2.17. The molecule has 0 radical (unpaired) electrons. The Hall–Kier alpha value is -2.61. The topological polar surface area (TPSA) is 97.8 Å². The van der Waals surface area contributed by atoms with E-state index in [2.05, 4.69) is 10.3 Å². The largest absolute Gasteiger partial charge is 0.493 e. The molecule has 2 N–H and O–H groups in total. The minimum absolute atomic E-state index is 0.0416. The van der Waals surface area contributed by atoms with Crippen LogP contribution in [0, 0.1) is 6.92 Å². The van der Waals surface area contributed by atoms with Crippen LogP contribution in [0.3, 0.4) is 0 Å². The van der Waals surface area contributed by atoms with Crippen LogP contribution in [0.5, 0.6) is 5.75 Å². The number of aryl methyl sites for hydroxylation is 1. The van der Waals surface area contributed by atoms with Gasteiger partial charge < -0.3 is 19.9 Å². The molecule has 0 fully saturated rings. The van der Waals surface area contributed by atoms with Gasteiger partial charge in [-0.2, -0.15) is 0 Å². The molecule has 1 aromatic carbocycles. The predicted octanol–water partition coefficient (Wildman–Crippen LogP) is 4.00. The first-order chi connectivity index (χ1) is 12.7. The van der Waals surface area contributed by atoms with Gasteiger partial charge in [0.15, 0.2) is 0 Å². The molecular weight excluding hydrogens is 368 g/mol. The van der Waals surface area contributed by atoms with Gasteiger partial charge in [-0.15, -0.1) is 11.3 Å². The summed E-state index contributed by atoms with van der Waals surface area (Å²) in [7, 11) is 0. The van der Waals surface area contributed by atoms with Crippen LogP contribution in [-0.4, -0.2) is 34.4 Å². The van der Waals surface area contributed by atoms with Crippen molar-refractivity contribution in [1.29, 1.82) is 0 Å². The molecule has 0 saturated carbocycles. The van der Waals surface area contributed by atoms with Crippen molar-refractivity contribution in [3.05, 3.63) is 35.0 Å². The molecule has 2 aromatic rings. The first kappa shape index (κ1) is 20.7. The number of thiazole rings is 1. The highest BCUT2D eigenvalue weighted by atomic mass is 32.1. The summed E-state index contributed by atoms with van der Waals surface area (Å²) < 4.78 is 10.9. The summed E-state index contributed by atoms with van der Waals surface area (Å²) in [4.78, 5) is 27.9. The Labute approximate surface area is 162 Å². The second kappa shape index (κ2) is 8.85. The smallest absolute Gasteiger partial charge is 0.407 e. The molecule has 0 aliphatic rings. The molecule has 1 heterocycles. The quantitative estimate of drug-likeness (QED) is 0.739. The van der Waals surface area contributed by atoms with Crippen LogP contribution < -0.4 is 10.1 Å². The summed E-state index contributed by atoms with van der Waals surface area (Å²) in [5.74, 6) is -0.407. The van der Waals surface area contributed by atoms with Crippen molar-refractivity contribution in [3.63, 3.8) is 0 Å². The maximum Gasteiger partial charge on any atom is 0.407 e. The summed E-state index contributed by atoms with van der Waals surface area (Å²) in [6.45, 7) is 7.55. The zero-order chi connectivity index (χ0) is 20.0. The number of amides is 1. The van der Waals surface area contributed by atoms with Gasteiger partial charge in [-0.05, 0) is 39.3 Å². The third-order valence-electron chi connectivity index (χ3n) is 3.47. The van der Waals surface area contributed by atoms with Crippen LogP contribution in [0.15, 0.2) is 23.7 Å². The molecule has 0 bridgehead atoms. The number of carbonyl (C=O) groups excluding carboxylic acids is 1. The number of aliphatic carboxylic acids is 1.